The molecule has 1 unspecified atom stereocenters. The maximum atomic E-state index is 10.2. The van der Waals surface area contributed by atoms with Crippen LogP contribution in [0.5, 0.6) is 0 Å². The molecule has 0 saturated heterocycles. The van der Waals surface area contributed by atoms with Crippen molar-refractivity contribution in [2.45, 2.75) is 39.5 Å². The molecule has 0 heterocycles. The third-order valence-corrected chi connectivity index (χ3v) is 2.68. The average Bonchev–Trinajstić information content (AvgIpc) is 1.98. The molecule has 1 aliphatic rings. The van der Waals surface area contributed by atoms with Gasteiger partial charge in [0.05, 0.1) is 0 Å². The Morgan fingerprint density at radius 3 is 2.73 bits per heavy atom. The zero-order chi connectivity index (χ0) is 8.27. The number of carbonyl (C=O) groups excluding carboxylic acids is 1. The van der Waals surface area contributed by atoms with E-state index in [0.29, 0.717) is 5.92 Å². The number of allylic oxidation sites excluding steroid dienone is 2. The van der Waals surface area contributed by atoms with Gasteiger partial charge in [-0.2, -0.15) is 0 Å². The molecular formula is C10H16O. The van der Waals surface area contributed by atoms with E-state index < -0.39 is 0 Å². The molecule has 62 valence electrons. The molecule has 1 rings (SSSR count). The van der Waals surface area contributed by atoms with Gasteiger partial charge in [0, 0.05) is 6.42 Å². The molecule has 11 heavy (non-hydrogen) atoms. The standard InChI is InChI=1S/C10H16O/c1-8-3-4-10(5-6-11)7-9(8)2/h6,10H,3-5,7H2,1-2H3. The fourth-order valence-corrected chi connectivity index (χ4v) is 1.68. The molecule has 0 N–H and O–H groups in total. The first-order valence-electron chi connectivity index (χ1n) is 4.33. The Labute approximate surface area is 68.5 Å². The molecule has 1 heteroatoms. The van der Waals surface area contributed by atoms with Crippen LogP contribution in [0.15, 0.2) is 11.1 Å². The smallest absolute Gasteiger partial charge is 0.120 e. The van der Waals surface area contributed by atoms with Gasteiger partial charge < -0.3 is 4.79 Å². The van der Waals surface area contributed by atoms with Crippen molar-refractivity contribution in [1.29, 1.82) is 0 Å². The summed E-state index contributed by atoms with van der Waals surface area (Å²) in [7, 11) is 0. The van der Waals surface area contributed by atoms with Crippen LogP contribution in [-0.2, 0) is 4.79 Å². The lowest BCUT2D eigenvalue weighted by atomic mass is 9.84. The average molecular weight is 152 g/mol. The summed E-state index contributed by atoms with van der Waals surface area (Å²) in [6.07, 6.45) is 5.36. The maximum Gasteiger partial charge on any atom is 0.120 e. The molecule has 1 atom stereocenters. The van der Waals surface area contributed by atoms with E-state index in [-0.39, 0.29) is 0 Å². The Kier molecular flexibility index (Phi) is 2.86. The van der Waals surface area contributed by atoms with Crippen LogP contribution in [0.2, 0.25) is 0 Å². The highest BCUT2D eigenvalue weighted by molar-refractivity contribution is 5.50. The van der Waals surface area contributed by atoms with E-state index in [4.69, 9.17) is 0 Å². The molecule has 1 aliphatic carbocycles. The first-order chi connectivity index (χ1) is 5.24. The quantitative estimate of drug-likeness (QED) is 0.439. The minimum atomic E-state index is 0.635. The van der Waals surface area contributed by atoms with Crippen molar-refractivity contribution >= 4 is 6.29 Å². The molecule has 1 nitrogen and oxygen atoms in total. The zero-order valence-corrected chi connectivity index (χ0v) is 7.39. The van der Waals surface area contributed by atoms with Crippen molar-refractivity contribution in [2.75, 3.05) is 0 Å². The van der Waals surface area contributed by atoms with Gasteiger partial charge in [-0.1, -0.05) is 11.1 Å². The fraction of sp³-hybridized carbons (Fsp3) is 0.700. The number of carbonyl (C=O) groups is 1. The third-order valence-electron chi connectivity index (χ3n) is 2.68. The van der Waals surface area contributed by atoms with Crippen LogP contribution in [0, 0.1) is 5.92 Å². The minimum absolute atomic E-state index is 0.635. The molecule has 0 aromatic carbocycles. The van der Waals surface area contributed by atoms with Crippen LogP contribution in [0.1, 0.15) is 39.5 Å². The van der Waals surface area contributed by atoms with E-state index in [0.717, 1.165) is 19.1 Å². The summed E-state index contributed by atoms with van der Waals surface area (Å²) in [5.41, 5.74) is 3.04. The van der Waals surface area contributed by atoms with E-state index >= 15 is 0 Å². The second-order valence-corrected chi connectivity index (χ2v) is 3.57. The van der Waals surface area contributed by atoms with E-state index in [1.165, 1.54) is 24.0 Å². The number of hydrogen-bond acceptors (Lipinski definition) is 1. The van der Waals surface area contributed by atoms with Gasteiger partial charge in [0.25, 0.3) is 0 Å². The van der Waals surface area contributed by atoms with E-state index in [1.807, 2.05) is 0 Å². The highest BCUT2D eigenvalue weighted by Crippen LogP contribution is 2.29. The van der Waals surface area contributed by atoms with Crippen molar-refractivity contribution in [2.24, 2.45) is 5.92 Å². The fourth-order valence-electron chi connectivity index (χ4n) is 1.68. The van der Waals surface area contributed by atoms with Gasteiger partial charge in [-0.15, -0.1) is 0 Å². The molecule has 0 radical (unpaired) electrons. The molecule has 0 spiro atoms. The maximum absolute atomic E-state index is 10.2. The summed E-state index contributed by atoms with van der Waals surface area (Å²) in [4.78, 5) is 10.2. The van der Waals surface area contributed by atoms with Gasteiger partial charge in [-0.25, -0.2) is 0 Å². The minimum Gasteiger partial charge on any atom is -0.303 e. The first kappa shape index (κ1) is 8.51. The van der Waals surface area contributed by atoms with Crippen LogP contribution in [-0.4, -0.2) is 6.29 Å². The molecule has 0 amide bonds. The molecule has 0 aliphatic heterocycles. The van der Waals surface area contributed by atoms with E-state index in [2.05, 4.69) is 13.8 Å². The normalized spacial score (nSPS) is 25.5. The first-order valence-corrected chi connectivity index (χ1v) is 4.33. The van der Waals surface area contributed by atoms with Crippen molar-refractivity contribution in [3.63, 3.8) is 0 Å². The predicted octanol–water partition coefficient (Wildman–Crippen LogP) is 2.71. The Morgan fingerprint density at radius 1 is 1.45 bits per heavy atom. The third kappa shape index (κ3) is 2.18. The van der Waals surface area contributed by atoms with Gasteiger partial charge in [0.2, 0.25) is 0 Å². The predicted molar refractivity (Wildman–Crippen MR) is 46.4 cm³/mol. The Morgan fingerprint density at radius 2 is 2.18 bits per heavy atom. The molecule has 0 aromatic heterocycles. The Hall–Kier alpha value is -0.590. The van der Waals surface area contributed by atoms with Gasteiger partial charge in [-0.3, -0.25) is 0 Å². The molecule has 0 saturated carbocycles. The van der Waals surface area contributed by atoms with Crippen molar-refractivity contribution in [3.05, 3.63) is 11.1 Å². The molecule has 0 bridgehead atoms. The van der Waals surface area contributed by atoms with Crippen LogP contribution < -0.4 is 0 Å². The van der Waals surface area contributed by atoms with Crippen molar-refractivity contribution in [1.82, 2.24) is 0 Å². The summed E-state index contributed by atoms with van der Waals surface area (Å²) < 4.78 is 0. The lowest BCUT2D eigenvalue weighted by Gasteiger charge is -2.22. The second-order valence-electron chi connectivity index (χ2n) is 3.57. The van der Waals surface area contributed by atoms with Crippen molar-refractivity contribution < 1.29 is 4.79 Å². The van der Waals surface area contributed by atoms with Crippen LogP contribution >= 0.6 is 0 Å². The Balaban J connectivity index is 2.50. The lowest BCUT2D eigenvalue weighted by Crippen LogP contribution is -2.08. The summed E-state index contributed by atoms with van der Waals surface area (Å²) in [5, 5.41) is 0. The van der Waals surface area contributed by atoms with E-state index in [1.54, 1.807) is 0 Å². The molecule has 0 fully saturated rings. The number of rotatable bonds is 2. The van der Waals surface area contributed by atoms with Gasteiger partial charge in [0.1, 0.15) is 6.29 Å². The van der Waals surface area contributed by atoms with E-state index in [9.17, 15) is 4.79 Å². The summed E-state index contributed by atoms with van der Waals surface area (Å²) in [6.45, 7) is 4.39. The number of hydrogen-bond donors (Lipinski definition) is 0. The largest absolute Gasteiger partial charge is 0.303 e. The SMILES string of the molecule is CC1=C(C)CC(CC=O)CC1. The zero-order valence-electron chi connectivity index (χ0n) is 7.39. The topological polar surface area (TPSA) is 17.1 Å². The highest BCUT2D eigenvalue weighted by Gasteiger charge is 2.15. The van der Waals surface area contributed by atoms with Gasteiger partial charge in [0.15, 0.2) is 0 Å². The van der Waals surface area contributed by atoms with Crippen LogP contribution in [0.4, 0.5) is 0 Å². The van der Waals surface area contributed by atoms with Gasteiger partial charge in [-0.05, 0) is 39.0 Å². The lowest BCUT2D eigenvalue weighted by molar-refractivity contribution is -0.108. The summed E-state index contributed by atoms with van der Waals surface area (Å²) in [5.74, 6) is 0.635. The highest BCUT2D eigenvalue weighted by atomic mass is 16.1. The second kappa shape index (κ2) is 3.70. The number of aldehydes is 1. The van der Waals surface area contributed by atoms with Gasteiger partial charge >= 0.3 is 0 Å². The summed E-state index contributed by atoms with van der Waals surface area (Å²) >= 11 is 0. The molecule has 0 aromatic rings. The monoisotopic (exact) mass is 152 g/mol. The Bertz CT molecular complexity index is 179. The van der Waals surface area contributed by atoms with Crippen molar-refractivity contribution in [3.8, 4) is 0 Å². The molecular weight excluding hydrogens is 136 g/mol. The summed E-state index contributed by atoms with van der Waals surface area (Å²) in [6, 6.07) is 0. The van der Waals surface area contributed by atoms with Crippen LogP contribution in [0.25, 0.3) is 0 Å². The van der Waals surface area contributed by atoms with Crippen LogP contribution in [0.3, 0.4) is 0 Å².